The third-order valence-corrected chi connectivity index (χ3v) is 1.80. The largest absolute Gasteiger partial charge is 0.522 e. The quantitative estimate of drug-likeness (QED) is 0.393. The first-order valence-electron chi connectivity index (χ1n) is 4.72. The minimum absolute atomic E-state index is 0.115. The summed E-state index contributed by atoms with van der Waals surface area (Å²) >= 11 is 0. The van der Waals surface area contributed by atoms with E-state index in [1.807, 2.05) is 0 Å². The number of ether oxygens (including phenoxy) is 2. The Balaban J connectivity index is 2.46. The molecule has 0 unspecified atom stereocenters. The van der Waals surface area contributed by atoms with Crippen molar-refractivity contribution in [3.63, 3.8) is 0 Å². The number of hydrogen-bond donors (Lipinski definition) is 1. The number of carbonyl (C=O) groups excluding carboxylic acids is 1. The molecule has 8 heteroatoms. The zero-order valence-electron chi connectivity index (χ0n) is 8.96. The summed E-state index contributed by atoms with van der Waals surface area (Å²) < 4.78 is 55.7. The van der Waals surface area contributed by atoms with Crippen LogP contribution < -0.4 is 5.73 Å². The standard InChI is InChI=1S/C10H9F4NO3/c11-8-5-6(15)1-2-7(8)9(16)17-3-4-18-10(12,13)14/h1-2,5H,3-4,15H2. The lowest BCUT2D eigenvalue weighted by Gasteiger charge is -2.08. The Bertz CT molecular complexity index is 434. The van der Waals surface area contributed by atoms with Gasteiger partial charge in [-0.1, -0.05) is 0 Å². The summed E-state index contributed by atoms with van der Waals surface area (Å²) in [6.07, 6.45) is -4.79. The molecule has 0 radical (unpaired) electrons. The number of rotatable bonds is 4. The number of esters is 1. The van der Waals surface area contributed by atoms with Crippen LogP contribution in [-0.4, -0.2) is 25.5 Å². The third kappa shape index (κ3) is 4.58. The molecule has 0 aromatic heterocycles. The Kier molecular flexibility index (Phi) is 4.49. The fourth-order valence-electron chi connectivity index (χ4n) is 1.07. The van der Waals surface area contributed by atoms with Gasteiger partial charge in [0.1, 0.15) is 12.4 Å². The molecule has 18 heavy (non-hydrogen) atoms. The fraction of sp³-hybridized carbons (Fsp3) is 0.300. The number of hydrogen-bond acceptors (Lipinski definition) is 4. The van der Waals surface area contributed by atoms with Crippen LogP contribution in [-0.2, 0) is 9.47 Å². The van der Waals surface area contributed by atoms with Gasteiger partial charge in [0, 0.05) is 5.69 Å². The SMILES string of the molecule is Nc1ccc(C(=O)OCCOC(F)(F)F)c(F)c1. The van der Waals surface area contributed by atoms with E-state index < -0.39 is 36.9 Å². The van der Waals surface area contributed by atoms with Crippen LogP contribution in [0.5, 0.6) is 0 Å². The van der Waals surface area contributed by atoms with Crippen LogP contribution >= 0.6 is 0 Å². The average Bonchev–Trinajstić information content (AvgIpc) is 2.22. The fourth-order valence-corrected chi connectivity index (χ4v) is 1.07. The second-order valence-electron chi connectivity index (χ2n) is 3.17. The van der Waals surface area contributed by atoms with E-state index in [-0.39, 0.29) is 5.69 Å². The van der Waals surface area contributed by atoms with E-state index in [9.17, 15) is 22.4 Å². The molecular weight excluding hydrogens is 258 g/mol. The number of benzene rings is 1. The monoisotopic (exact) mass is 267 g/mol. The molecule has 0 amide bonds. The van der Waals surface area contributed by atoms with E-state index >= 15 is 0 Å². The van der Waals surface area contributed by atoms with Gasteiger partial charge in [-0.3, -0.25) is 4.74 Å². The Morgan fingerprint density at radius 2 is 1.94 bits per heavy atom. The lowest BCUT2D eigenvalue weighted by atomic mass is 10.2. The second-order valence-corrected chi connectivity index (χ2v) is 3.17. The molecule has 0 spiro atoms. The van der Waals surface area contributed by atoms with E-state index in [0.717, 1.165) is 12.1 Å². The van der Waals surface area contributed by atoms with Gasteiger partial charge in [-0.25, -0.2) is 9.18 Å². The maximum atomic E-state index is 13.2. The van der Waals surface area contributed by atoms with Crippen molar-refractivity contribution in [2.75, 3.05) is 18.9 Å². The molecule has 2 N–H and O–H groups in total. The van der Waals surface area contributed by atoms with E-state index in [1.165, 1.54) is 6.07 Å². The summed E-state index contributed by atoms with van der Waals surface area (Å²) in [5.74, 6) is -1.99. The van der Waals surface area contributed by atoms with Gasteiger partial charge in [-0.15, -0.1) is 13.2 Å². The maximum Gasteiger partial charge on any atom is 0.522 e. The lowest BCUT2D eigenvalue weighted by Crippen LogP contribution is -2.19. The zero-order valence-corrected chi connectivity index (χ0v) is 8.96. The number of anilines is 1. The van der Waals surface area contributed by atoms with Crippen molar-refractivity contribution < 1.29 is 31.8 Å². The molecule has 4 nitrogen and oxygen atoms in total. The van der Waals surface area contributed by atoms with Crippen molar-refractivity contribution in [2.45, 2.75) is 6.36 Å². The van der Waals surface area contributed by atoms with E-state index in [1.54, 1.807) is 0 Å². The van der Waals surface area contributed by atoms with Gasteiger partial charge in [0.25, 0.3) is 0 Å². The minimum Gasteiger partial charge on any atom is -0.460 e. The Hall–Kier alpha value is -1.83. The van der Waals surface area contributed by atoms with Crippen molar-refractivity contribution in [3.8, 4) is 0 Å². The highest BCUT2D eigenvalue weighted by Crippen LogP contribution is 2.16. The van der Waals surface area contributed by atoms with E-state index in [2.05, 4.69) is 9.47 Å². The molecule has 1 aromatic rings. The number of carbonyl (C=O) groups is 1. The van der Waals surface area contributed by atoms with Crippen molar-refractivity contribution in [1.29, 1.82) is 0 Å². The van der Waals surface area contributed by atoms with Crippen LogP contribution in [0, 0.1) is 5.82 Å². The molecule has 0 saturated carbocycles. The Labute approximate surface area is 99.3 Å². The molecule has 0 aliphatic rings. The normalized spacial score (nSPS) is 11.3. The van der Waals surface area contributed by atoms with Crippen LogP contribution in [0.15, 0.2) is 18.2 Å². The molecule has 1 aromatic carbocycles. The molecular formula is C10H9F4NO3. The van der Waals surface area contributed by atoms with Gasteiger partial charge < -0.3 is 10.5 Å². The molecule has 0 saturated heterocycles. The molecule has 0 fully saturated rings. The van der Waals surface area contributed by atoms with Crippen molar-refractivity contribution >= 4 is 11.7 Å². The number of nitrogens with two attached hydrogens (primary N) is 1. The predicted molar refractivity (Wildman–Crippen MR) is 53.1 cm³/mol. The topological polar surface area (TPSA) is 61.6 Å². The first-order valence-corrected chi connectivity index (χ1v) is 4.72. The highest BCUT2D eigenvalue weighted by atomic mass is 19.4. The maximum absolute atomic E-state index is 13.2. The highest BCUT2D eigenvalue weighted by Gasteiger charge is 2.28. The third-order valence-electron chi connectivity index (χ3n) is 1.80. The molecule has 1 rings (SSSR count). The summed E-state index contributed by atoms with van der Waals surface area (Å²) in [5.41, 5.74) is 4.97. The van der Waals surface area contributed by atoms with Gasteiger partial charge in [0.2, 0.25) is 0 Å². The lowest BCUT2D eigenvalue weighted by molar-refractivity contribution is -0.326. The number of nitrogen functional groups attached to an aromatic ring is 1. The van der Waals surface area contributed by atoms with E-state index in [0.29, 0.717) is 0 Å². The summed E-state index contributed by atoms with van der Waals surface area (Å²) in [7, 11) is 0. The van der Waals surface area contributed by atoms with Gasteiger partial charge in [0.15, 0.2) is 0 Å². The molecule has 0 aliphatic carbocycles. The summed E-state index contributed by atoms with van der Waals surface area (Å²) in [6.45, 7) is -1.49. The van der Waals surface area contributed by atoms with Gasteiger partial charge in [-0.05, 0) is 18.2 Å². The highest BCUT2D eigenvalue weighted by molar-refractivity contribution is 5.90. The van der Waals surface area contributed by atoms with Gasteiger partial charge in [0.05, 0.1) is 12.2 Å². The smallest absolute Gasteiger partial charge is 0.460 e. The van der Waals surface area contributed by atoms with Crippen LogP contribution in [0.3, 0.4) is 0 Å². The van der Waals surface area contributed by atoms with Crippen LogP contribution in [0.2, 0.25) is 0 Å². The Morgan fingerprint density at radius 3 is 2.50 bits per heavy atom. The Morgan fingerprint density at radius 1 is 1.28 bits per heavy atom. The van der Waals surface area contributed by atoms with Crippen molar-refractivity contribution in [3.05, 3.63) is 29.6 Å². The van der Waals surface area contributed by atoms with Crippen molar-refractivity contribution in [2.24, 2.45) is 0 Å². The molecule has 100 valence electrons. The zero-order chi connectivity index (χ0) is 13.8. The number of halogens is 4. The summed E-state index contributed by atoms with van der Waals surface area (Å²) in [5, 5.41) is 0. The molecule has 0 aliphatic heterocycles. The van der Waals surface area contributed by atoms with Gasteiger partial charge in [-0.2, -0.15) is 0 Å². The molecule has 0 atom stereocenters. The predicted octanol–water partition coefficient (Wildman–Crippen LogP) is 2.10. The molecule has 0 bridgehead atoms. The first kappa shape index (κ1) is 14.2. The first-order chi connectivity index (χ1) is 8.29. The summed E-state index contributed by atoms with van der Waals surface area (Å²) in [4.78, 5) is 11.3. The van der Waals surface area contributed by atoms with Crippen LogP contribution in [0.25, 0.3) is 0 Å². The minimum atomic E-state index is -4.79. The van der Waals surface area contributed by atoms with Crippen LogP contribution in [0.4, 0.5) is 23.2 Å². The van der Waals surface area contributed by atoms with Gasteiger partial charge >= 0.3 is 12.3 Å². The second kappa shape index (κ2) is 5.67. The average molecular weight is 267 g/mol. The van der Waals surface area contributed by atoms with E-state index in [4.69, 9.17) is 5.73 Å². The molecule has 0 heterocycles. The number of alkyl halides is 3. The van der Waals surface area contributed by atoms with Crippen LogP contribution in [0.1, 0.15) is 10.4 Å². The van der Waals surface area contributed by atoms with Crippen molar-refractivity contribution in [1.82, 2.24) is 0 Å². The summed E-state index contributed by atoms with van der Waals surface area (Å²) in [6, 6.07) is 3.26.